The van der Waals surface area contributed by atoms with Gasteiger partial charge in [-0.05, 0) is 74.2 Å². The van der Waals surface area contributed by atoms with E-state index in [2.05, 4.69) is 16.7 Å². The topological polar surface area (TPSA) is 50.4 Å². The number of benzene rings is 2. The van der Waals surface area contributed by atoms with Crippen molar-refractivity contribution in [1.82, 2.24) is 5.32 Å². The van der Waals surface area contributed by atoms with Crippen LogP contribution >= 0.6 is 11.6 Å². The molecule has 0 heterocycles. The van der Waals surface area contributed by atoms with Gasteiger partial charge in [-0.2, -0.15) is 0 Å². The van der Waals surface area contributed by atoms with E-state index in [1.54, 1.807) is 0 Å². The quantitative estimate of drug-likeness (QED) is 0.795. The predicted molar refractivity (Wildman–Crippen MR) is 94.5 cm³/mol. The molecule has 2 amide bonds. The third-order valence-corrected chi connectivity index (χ3v) is 3.96. The van der Waals surface area contributed by atoms with Gasteiger partial charge in [0, 0.05) is 10.7 Å². The van der Waals surface area contributed by atoms with Crippen LogP contribution in [-0.2, 0) is 0 Å². The van der Waals surface area contributed by atoms with Crippen molar-refractivity contribution in [3.05, 3.63) is 57.6 Å². The van der Waals surface area contributed by atoms with E-state index in [-0.39, 0.29) is 12.8 Å². The highest BCUT2D eigenvalue weighted by Crippen LogP contribution is 2.25. The summed E-state index contributed by atoms with van der Waals surface area (Å²) in [6.07, 6.45) is 0. The highest BCUT2D eigenvalue weighted by atomic mass is 35.5. The van der Waals surface area contributed by atoms with Gasteiger partial charge < -0.3 is 15.4 Å². The molecule has 2 N–H and O–H groups in total. The Morgan fingerprint density at radius 2 is 1.57 bits per heavy atom. The van der Waals surface area contributed by atoms with Gasteiger partial charge in [-0.3, -0.25) is 0 Å². The largest absolute Gasteiger partial charge is 0.473 e. The van der Waals surface area contributed by atoms with E-state index in [0.717, 1.165) is 33.0 Å². The van der Waals surface area contributed by atoms with Gasteiger partial charge in [-0.25, -0.2) is 4.79 Å². The standard InChI is InChI=1S/C18H21ClN2O2/c1-11-5-12(2)7-15(6-11)21-18(22)20-10-23-16-8-13(3)17(19)14(4)9-16/h5-9H,10H2,1-4H3,(H2,20,21,22). The van der Waals surface area contributed by atoms with Crippen LogP contribution in [0.1, 0.15) is 22.3 Å². The first-order chi connectivity index (χ1) is 10.8. The maximum Gasteiger partial charge on any atom is 0.321 e. The molecule has 4 nitrogen and oxygen atoms in total. The molecule has 2 rings (SSSR count). The Labute approximate surface area is 141 Å². The summed E-state index contributed by atoms with van der Waals surface area (Å²) in [5.74, 6) is 0.677. The molecule has 23 heavy (non-hydrogen) atoms. The minimum absolute atomic E-state index is 0.0805. The molecule has 0 unspecified atom stereocenters. The number of rotatable bonds is 4. The Kier molecular flexibility index (Phi) is 5.50. The first-order valence-electron chi connectivity index (χ1n) is 7.38. The van der Waals surface area contributed by atoms with Gasteiger partial charge in [0.15, 0.2) is 6.73 Å². The zero-order chi connectivity index (χ0) is 17.0. The van der Waals surface area contributed by atoms with E-state index in [0.29, 0.717) is 5.75 Å². The maximum absolute atomic E-state index is 11.9. The zero-order valence-corrected chi connectivity index (χ0v) is 14.5. The first kappa shape index (κ1) is 17.2. The number of nitrogens with one attached hydrogen (secondary N) is 2. The van der Waals surface area contributed by atoms with Gasteiger partial charge in [0.05, 0.1) is 0 Å². The monoisotopic (exact) mass is 332 g/mol. The summed E-state index contributed by atoms with van der Waals surface area (Å²) >= 11 is 6.11. The summed E-state index contributed by atoms with van der Waals surface area (Å²) in [6.45, 7) is 7.90. The summed E-state index contributed by atoms with van der Waals surface area (Å²) < 4.78 is 5.55. The summed E-state index contributed by atoms with van der Waals surface area (Å²) in [5, 5.41) is 6.19. The molecule has 0 aromatic heterocycles. The average molecular weight is 333 g/mol. The van der Waals surface area contributed by atoms with E-state index in [9.17, 15) is 4.79 Å². The molecule has 2 aromatic carbocycles. The molecule has 0 saturated carbocycles. The summed E-state index contributed by atoms with van der Waals surface area (Å²) in [5.41, 5.74) is 4.85. The fourth-order valence-electron chi connectivity index (χ4n) is 2.40. The smallest absolute Gasteiger partial charge is 0.321 e. The second-order valence-corrected chi connectivity index (χ2v) is 6.04. The number of hydrogen-bond acceptors (Lipinski definition) is 2. The average Bonchev–Trinajstić information content (AvgIpc) is 2.43. The SMILES string of the molecule is Cc1cc(C)cc(NC(=O)NCOc2cc(C)c(Cl)c(C)c2)c1. The van der Waals surface area contributed by atoms with Crippen LogP contribution in [0.4, 0.5) is 10.5 Å². The maximum atomic E-state index is 11.9. The van der Waals surface area contributed by atoms with Gasteiger partial charge in [0.2, 0.25) is 0 Å². The fraction of sp³-hybridized carbons (Fsp3) is 0.278. The molecule has 0 radical (unpaired) electrons. The van der Waals surface area contributed by atoms with Crippen LogP contribution in [0, 0.1) is 27.7 Å². The number of hydrogen-bond donors (Lipinski definition) is 2. The van der Waals surface area contributed by atoms with Crippen molar-refractivity contribution in [3.8, 4) is 5.75 Å². The molecular weight excluding hydrogens is 312 g/mol. The molecule has 122 valence electrons. The van der Waals surface area contributed by atoms with Crippen LogP contribution in [-0.4, -0.2) is 12.8 Å². The molecule has 0 fully saturated rings. The van der Waals surface area contributed by atoms with E-state index >= 15 is 0 Å². The van der Waals surface area contributed by atoms with Crippen molar-refractivity contribution in [2.45, 2.75) is 27.7 Å². The normalized spacial score (nSPS) is 10.3. The lowest BCUT2D eigenvalue weighted by Gasteiger charge is -2.12. The molecular formula is C18H21ClN2O2. The van der Waals surface area contributed by atoms with Crippen molar-refractivity contribution in [3.63, 3.8) is 0 Å². The minimum atomic E-state index is -0.308. The molecule has 0 bridgehead atoms. The Hall–Kier alpha value is -2.20. The number of anilines is 1. The second kappa shape index (κ2) is 7.38. The first-order valence-corrected chi connectivity index (χ1v) is 7.75. The number of amides is 2. The summed E-state index contributed by atoms with van der Waals surface area (Å²) in [4.78, 5) is 11.9. The lowest BCUT2D eigenvalue weighted by atomic mass is 10.1. The minimum Gasteiger partial charge on any atom is -0.473 e. The molecule has 0 aliphatic carbocycles. The van der Waals surface area contributed by atoms with Gasteiger partial charge in [-0.15, -0.1) is 0 Å². The predicted octanol–water partition coefficient (Wildman–Crippen LogP) is 4.73. The molecule has 0 atom stereocenters. The number of urea groups is 1. The third-order valence-electron chi connectivity index (χ3n) is 3.36. The van der Waals surface area contributed by atoms with Crippen LogP contribution < -0.4 is 15.4 Å². The highest BCUT2D eigenvalue weighted by molar-refractivity contribution is 6.32. The second-order valence-electron chi connectivity index (χ2n) is 5.67. The molecule has 2 aromatic rings. The number of ether oxygens (including phenoxy) is 1. The fourth-order valence-corrected chi connectivity index (χ4v) is 2.51. The van der Waals surface area contributed by atoms with Crippen molar-refractivity contribution in [2.75, 3.05) is 12.0 Å². The Morgan fingerprint density at radius 1 is 1.00 bits per heavy atom. The van der Waals surface area contributed by atoms with Crippen molar-refractivity contribution < 1.29 is 9.53 Å². The van der Waals surface area contributed by atoms with Crippen LogP contribution in [0.3, 0.4) is 0 Å². The zero-order valence-electron chi connectivity index (χ0n) is 13.8. The molecule has 5 heteroatoms. The van der Waals surface area contributed by atoms with Crippen molar-refractivity contribution in [1.29, 1.82) is 0 Å². The molecule has 0 saturated heterocycles. The van der Waals surface area contributed by atoms with E-state index in [1.165, 1.54) is 0 Å². The van der Waals surface area contributed by atoms with Gasteiger partial charge >= 0.3 is 6.03 Å². The summed E-state index contributed by atoms with van der Waals surface area (Å²) in [6, 6.07) is 9.27. The third kappa shape index (κ3) is 4.89. The summed E-state index contributed by atoms with van der Waals surface area (Å²) in [7, 11) is 0. The highest BCUT2D eigenvalue weighted by Gasteiger charge is 2.05. The lowest BCUT2D eigenvalue weighted by Crippen LogP contribution is -2.32. The van der Waals surface area contributed by atoms with E-state index < -0.39 is 0 Å². The van der Waals surface area contributed by atoms with Crippen molar-refractivity contribution >= 4 is 23.3 Å². The number of carbonyl (C=O) groups is 1. The van der Waals surface area contributed by atoms with E-state index in [1.807, 2.05) is 52.0 Å². The lowest BCUT2D eigenvalue weighted by molar-refractivity contribution is 0.234. The molecule has 0 spiro atoms. The van der Waals surface area contributed by atoms with Crippen LogP contribution in [0.25, 0.3) is 0 Å². The van der Waals surface area contributed by atoms with Gasteiger partial charge in [0.25, 0.3) is 0 Å². The van der Waals surface area contributed by atoms with Crippen molar-refractivity contribution in [2.24, 2.45) is 0 Å². The molecule has 0 aliphatic heterocycles. The Balaban J connectivity index is 1.87. The van der Waals surface area contributed by atoms with Crippen LogP contribution in [0.2, 0.25) is 5.02 Å². The number of halogens is 1. The van der Waals surface area contributed by atoms with Gasteiger partial charge in [0.1, 0.15) is 5.75 Å². The van der Waals surface area contributed by atoms with E-state index in [4.69, 9.17) is 16.3 Å². The van der Waals surface area contributed by atoms with Crippen LogP contribution in [0.5, 0.6) is 5.75 Å². The van der Waals surface area contributed by atoms with Gasteiger partial charge in [-0.1, -0.05) is 17.7 Å². The Morgan fingerprint density at radius 3 is 2.13 bits per heavy atom. The number of aryl methyl sites for hydroxylation is 4. The van der Waals surface area contributed by atoms with Crippen LogP contribution in [0.15, 0.2) is 30.3 Å². The number of carbonyl (C=O) groups excluding carboxylic acids is 1. The Bertz CT molecular complexity index is 686. The molecule has 0 aliphatic rings.